The second-order valence-corrected chi connectivity index (χ2v) is 9.59. The molecule has 192 valence electrons. The first-order valence-electron chi connectivity index (χ1n) is 12.7. The Morgan fingerprint density at radius 2 is 1.81 bits per heavy atom. The molecule has 7 nitrogen and oxygen atoms in total. The average molecular weight is 501 g/mol. The molecular formula is C30H32N2O5. The van der Waals surface area contributed by atoms with Gasteiger partial charge in [-0.15, -0.1) is 0 Å². The number of likely N-dealkylation sites (tertiary alicyclic amines) is 1. The van der Waals surface area contributed by atoms with Crippen molar-refractivity contribution in [3.05, 3.63) is 83.9 Å². The number of carbonyl (C=O) groups is 1. The van der Waals surface area contributed by atoms with Gasteiger partial charge in [0.15, 0.2) is 5.88 Å². The third kappa shape index (κ3) is 5.42. The third-order valence-corrected chi connectivity index (χ3v) is 6.97. The van der Waals surface area contributed by atoms with Crippen LogP contribution in [0.25, 0.3) is 16.5 Å². The van der Waals surface area contributed by atoms with Crippen molar-refractivity contribution < 1.29 is 24.5 Å². The summed E-state index contributed by atoms with van der Waals surface area (Å²) < 4.78 is 13.1. The number of nitrogens with zero attached hydrogens (tertiary/aromatic N) is 2. The number of aryl methyl sites for hydroxylation is 1. The summed E-state index contributed by atoms with van der Waals surface area (Å²) in [6, 6.07) is 22.6. The summed E-state index contributed by atoms with van der Waals surface area (Å²) in [7, 11) is 0. The van der Waals surface area contributed by atoms with Crippen molar-refractivity contribution in [2.45, 2.75) is 19.8 Å². The van der Waals surface area contributed by atoms with Gasteiger partial charge in [-0.25, -0.2) is 4.79 Å². The number of aromatic nitrogens is 1. The minimum absolute atomic E-state index is 0.105. The number of ether oxygens (including phenoxy) is 2. The lowest BCUT2D eigenvalue weighted by atomic mass is 9.99. The van der Waals surface area contributed by atoms with E-state index < -0.39 is 5.97 Å². The SMILES string of the molecule is Cc1cc(O)n(-c2ccccc2C(=O)OCC2CCCN(CCOc3cccc4ccccc34)C2)c1O. The zero-order valence-corrected chi connectivity index (χ0v) is 21.0. The van der Waals surface area contributed by atoms with Crippen LogP contribution in [0.1, 0.15) is 28.8 Å². The van der Waals surface area contributed by atoms with Gasteiger partial charge in [-0.1, -0.05) is 48.5 Å². The van der Waals surface area contributed by atoms with Crippen LogP contribution in [0.15, 0.2) is 72.8 Å². The normalized spacial score (nSPS) is 16.1. The van der Waals surface area contributed by atoms with Crippen molar-refractivity contribution in [2.75, 3.05) is 32.8 Å². The quantitative estimate of drug-likeness (QED) is 0.320. The smallest absolute Gasteiger partial charge is 0.340 e. The largest absolute Gasteiger partial charge is 0.494 e. The maximum absolute atomic E-state index is 13.0. The summed E-state index contributed by atoms with van der Waals surface area (Å²) >= 11 is 0. The molecule has 0 amide bonds. The Morgan fingerprint density at radius 3 is 2.65 bits per heavy atom. The molecule has 7 heteroatoms. The molecule has 0 aliphatic carbocycles. The van der Waals surface area contributed by atoms with E-state index in [1.807, 2.05) is 24.3 Å². The van der Waals surface area contributed by atoms with Crippen molar-refractivity contribution in [2.24, 2.45) is 5.92 Å². The van der Waals surface area contributed by atoms with E-state index >= 15 is 0 Å². The molecule has 3 aromatic carbocycles. The highest BCUT2D eigenvalue weighted by Crippen LogP contribution is 2.32. The molecule has 1 aliphatic heterocycles. The summed E-state index contributed by atoms with van der Waals surface area (Å²) in [6.45, 7) is 5.24. The molecule has 2 N–H and O–H groups in total. The van der Waals surface area contributed by atoms with E-state index in [-0.39, 0.29) is 17.7 Å². The fraction of sp³-hybridized carbons (Fsp3) is 0.300. The molecule has 1 saturated heterocycles. The number of fused-ring (bicyclic) bond motifs is 1. The summed E-state index contributed by atoms with van der Waals surface area (Å²) in [4.78, 5) is 15.4. The third-order valence-electron chi connectivity index (χ3n) is 6.97. The van der Waals surface area contributed by atoms with E-state index in [1.54, 1.807) is 31.2 Å². The summed E-state index contributed by atoms with van der Waals surface area (Å²) in [5.41, 5.74) is 1.19. The number of benzene rings is 3. The molecule has 37 heavy (non-hydrogen) atoms. The van der Waals surface area contributed by atoms with E-state index in [1.165, 1.54) is 16.0 Å². The average Bonchev–Trinajstić information content (AvgIpc) is 3.18. The molecule has 1 fully saturated rings. The first kappa shape index (κ1) is 24.7. The Hall–Kier alpha value is -3.97. The molecule has 0 spiro atoms. The first-order valence-corrected chi connectivity index (χ1v) is 12.7. The highest BCUT2D eigenvalue weighted by Gasteiger charge is 2.24. The Kier molecular flexibility index (Phi) is 7.32. The summed E-state index contributed by atoms with van der Waals surface area (Å²) in [5, 5.41) is 22.9. The lowest BCUT2D eigenvalue weighted by Crippen LogP contribution is -2.39. The van der Waals surface area contributed by atoms with Crippen molar-refractivity contribution in [3.8, 4) is 23.2 Å². The topological polar surface area (TPSA) is 84.2 Å². The van der Waals surface area contributed by atoms with E-state index in [0.717, 1.165) is 43.6 Å². The number of hydrogen-bond donors (Lipinski definition) is 2. The molecule has 1 atom stereocenters. The summed E-state index contributed by atoms with van der Waals surface area (Å²) in [5.74, 6) is 0.416. The van der Waals surface area contributed by atoms with Crippen molar-refractivity contribution in [1.29, 1.82) is 0 Å². The van der Waals surface area contributed by atoms with Crippen LogP contribution in [0.3, 0.4) is 0 Å². The number of rotatable bonds is 8. The zero-order chi connectivity index (χ0) is 25.8. The van der Waals surface area contributed by atoms with Crippen LogP contribution in [-0.4, -0.2) is 58.5 Å². The maximum Gasteiger partial charge on any atom is 0.340 e. The van der Waals surface area contributed by atoms with Crippen molar-refractivity contribution in [1.82, 2.24) is 9.47 Å². The Labute approximate surface area is 216 Å². The van der Waals surface area contributed by atoms with Gasteiger partial charge < -0.3 is 19.7 Å². The van der Waals surface area contributed by atoms with Crippen LogP contribution in [-0.2, 0) is 4.74 Å². The second-order valence-electron chi connectivity index (χ2n) is 9.59. The van der Waals surface area contributed by atoms with Gasteiger partial charge in [0.2, 0.25) is 5.88 Å². The van der Waals surface area contributed by atoms with Crippen LogP contribution in [0.2, 0.25) is 0 Å². The van der Waals surface area contributed by atoms with Gasteiger partial charge in [-0.2, -0.15) is 0 Å². The van der Waals surface area contributed by atoms with Crippen LogP contribution in [0.4, 0.5) is 0 Å². The van der Waals surface area contributed by atoms with Crippen molar-refractivity contribution >= 4 is 16.7 Å². The van der Waals surface area contributed by atoms with E-state index in [4.69, 9.17) is 9.47 Å². The molecule has 1 unspecified atom stereocenters. The van der Waals surface area contributed by atoms with Gasteiger partial charge in [0, 0.05) is 36.0 Å². The van der Waals surface area contributed by atoms with Gasteiger partial charge in [0.1, 0.15) is 12.4 Å². The highest BCUT2D eigenvalue weighted by atomic mass is 16.5. The maximum atomic E-state index is 13.0. The minimum atomic E-state index is -0.475. The molecule has 4 aromatic rings. The predicted octanol–water partition coefficient (Wildman–Crippen LogP) is 5.30. The standard InChI is InChI=1S/C30H32N2O5/c1-21-18-28(33)32(29(21)34)26-13-5-4-12-25(26)30(35)37-20-22-8-7-15-31(19-22)16-17-36-27-14-6-10-23-9-2-3-11-24(23)27/h2-6,9-14,18,22,33-34H,7-8,15-17,19-20H2,1H3. The highest BCUT2D eigenvalue weighted by molar-refractivity contribution is 5.94. The Bertz CT molecular complexity index is 1390. The van der Waals surface area contributed by atoms with Gasteiger partial charge in [0.05, 0.1) is 17.9 Å². The van der Waals surface area contributed by atoms with Gasteiger partial charge >= 0.3 is 5.97 Å². The lowest BCUT2D eigenvalue weighted by molar-refractivity contribution is 0.0344. The second kappa shape index (κ2) is 11.0. The Morgan fingerprint density at radius 1 is 1.03 bits per heavy atom. The lowest BCUT2D eigenvalue weighted by Gasteiger charge is -2.32. The molecule has 0 radical (unpaired) electrons. The molecular weight excluding hydrogens is 468 g/mol. The number of para-hydroxylation sites is 1. The molecule has 1 aromatic heterocycles. The van der Waals surface area contributed by atoms with Crippen LogP contribution in [0.5, 0.6) is 17.5 Å². The minimum Gasteiger partial charge on any atom is -0.494 e. The number of carbonyl (C=O) groups excluding carboxylic acids is 1. The zero-order valence-electron chi connectivity index (χ0n) is 21.0. The Balaban J connectivity index is 1.16. The van der Waals surface area contributed by atoms with E-state index in [2.05, 4.69) is 23.1 Å². The number of aromatic hydroxyl groups is 2. The molecule has 0 bridgehead atoms. The molecule has 5 rings (SSSR count). The van der Waals surface area contributed by atoms with Gasteiger partial charge in [-0.05, 0) is 49.9 Å². The molecule has 0 saturated carbocycles. The number of esters is 1. The fourth-order valence-corrected chi connectivity index (χ4v) is 5.05. The molecule has 1 aliphatic rings. The van der Waals surface area contributed by atoms with Gasteiger partial charge in [-0.3, -0.25) is 9.47 Å². The van der Waals surface area contributed by atoms with Crippen LogP contribution in [0, 0.1) is 12.8 Å². The van der Waals surface area contributed by atoms with Crippen LogP contribution < -0.4 is 4.74 Å². The first-order chi connectivity index (χ1) is 18.0. The van der Waals surface area contributed by atoms with Gasteiger partial charge in [0.25, 0.3) is 0 Å². The number of hydrogen-bond acceptors (Lipinski definition) is 6. The fourth-order valence-electron chi connectivity index (χ4n) is 5.05. The van der Waals surface area contributed by atoms with Crippen LogP contribution >= 0.6 is 0 Å². The monoisotopic (exact) mass is 500 g/mol. The van der Waals surface area contributed by atoms with E-state index in [0.29, 0.717) is 30.0 Å². The summed E-state index contributed by atoms with van der Waals surface area (Å²) in [6.07, 6.45) is 2.03. The molecule has 2 heterocycles. The predicted molar refractivity (Wildman–Crippen MR) is 143 cm³/mol. The van der Waals surface area contributed by atoms with E-state index in [9.17, 15) is 15.0 Å². The van der Waals surface area contributed by atoms with Crippen molar-refractivity contribution in [3.63, 3.8) is 0 Å². The number of piperidine rings is 1.